The molecule has 0 bridgehead atoms. The molecule has 0 aromatic rings. The lowest BCUT2D eigenvalue weighted by molar-refractivity contribution is -0.126. The van der Waals surface area contributed by atoms with Crippen LogP contribution in [0.3, 0.4) is 0 Å². The van der Waals surface area contributed by atoms with E-state index in [9.17, 15) is 19.5 Å². The molecule has 5 atom stereocenters. The fourth-order valence-corrected chi connectivity index (χ4v) is 4.90. The van der Waals surface area contributed by atoms with Crippen molar-refractivity contribution in [3.63, 3.8) is 0 Å². The molecule has 0 radical (unpaired) electrons. The molecular weight excluding hydrogens is 340 g/mol. The first kappa shape index (κ1) is 17.0. The maximum atomic E-state index is 13.2. The van der Waals surface area contributed by atoms with Gasteiger partial charge in [-0.2, -0.15) is 0 Å². The summed E-state index contributed by atoms with van der Waals surface area (Å²) >= 11 is 0. The molecular formula is C17H22N4O5. The number of rotatable bonds is 3. The topological polar surface area (TPSA) is 116 Å². The highest BCUT2D eigenvalue weighted by atomic mass is 16.5. The number of fused-ring (bicyclic) bond motifs is 4. The molecule has 0 aromatic heterocycles. The molecule has 3 aliphatic heterocycles. The summed E-state index contributed by atoms with van der Waals surface area (Å²) < 4.78 is 4.96. The first-order chi connectivity index (χ1) is 12.1. The van der Waals surface area contributed by atoms with Crippen LogP contribution in [-0.4, -0.2) is 89.6 Å². The number of ether oxygens (including phenoxy) is 1. The number of carbonyl (C=O) groups is 3. The minimum absolute atomic E-state index is 0.104. The number of nitrogens with two attached hydrogens (primary N) is 1. The van der Waals surface area contributed by atoms with Gasteiger partial charge in [-0.05, 0) is 14.0 Å². The maximum absolute atomic E-state index is 13.2. The minimum atomic E-state index is -1.47. The van der Waals surface area contributed by atoms with E-state index < -0.39 is 17.7 Å². The van der Waals surface area contributed by atoms with Crippen LogP contribution in [0.4, 0.5) is 4.79 Å². The Morgan fingerprint density at radius 2 is 2.04 bits per heavy atom. The summed E-state index contributed by atoms with van der Waals surface area (Å²) in [6.45, 7) is 1.82. The number of primary amides is 1. The third-order valence-electron chi connectivity index (χ3n) is 6.07. The third-order valence-corrected chi connectivity index (χ3v) is 6.07. The second kappa shape index (κ2) is 5.08. The average molecular weight is 362 g/mol. The zero-order valence-corrected chi connectivity index (χ0v) is 15.1. The van der Waals surface area contributed by atoms with Crippen LogP contribution in [-0.2, 0) is 14.3 Å². The second-order valence-electron chi connectivity index (χ2n) is 7.54. The van der Waals surface area contributed by atoms with Crippen LogP contribution in [0.5, 0.6) is 0 Å². The molecule has 4 rings (SSSR count). The summed E-state index contributed by atoms with van der Waals surface area (Å²) in [5, 5.41) is 11.5. The van der Waals surface area contributed by atoms with Gasteiger partial charge in [0.05, 0.1) is 23.4 Å². The zero-order valence-electron chi connectivity index (χ0n) is 15.1. The van der Waals surface area contributed by atoms with Gasteiger partial charge in [-0.1, -0.05) is 0 Å². The Labute approximate surface area is 150 Å². The predicted molar refractivity (Wildman–Crippen MR) is 89.4 cm³/mol. The fraction of sp³-hybridized carbons (Fsp3) is 0.588. The number of allylic oxidation sites excluding steroid dienone is 2. The molecule has 1 unspecified atom stereocenters. The maximum Gasteiger partial charge on any atom is 0.404 e. The Balaban J connectivity index is 1.83. The second-order valence-corrected chi connectivity index (χ2v) is 7.54. The van der Waals surface area contributed by atoms with Gasteiger partial charge < -0.3 is 25.4 Å². The van der Waals surface area contributed by atoms with Crippen molar-refractivity contribution in [3.05, 3.63) is 22.5 Å². The highest BCUT2D eigenvalue weighted by molar-refractivity contribution is 6.25. The Morgan fingerprint density at radius 1 is 1.38 bits per heavy atom. The van der Waals surface area contributed by atoms with Crippen molar-refractivity contribution in [2.75, 3.05) is 34.3 Å². The van der Waals surface area contributed by atoms with Crippen LogP contribution in [0.2, 0.25) is 0 Å². The molecule has 2 saturated heterocycles. The molecule has 3 heterocycles. The number of Topliss-reactive ketones (excluding diaryl/α,β-unsaturated/α-hetero) is 2. The van der Waals surface area contributed by atoms with Gasteiger partial charge in [-0.3, -0.25) is 14.5 Å². The van der Waals surface area contributed by atoms with E-state index in [1.54, 1.807) is 30.8 Å². The lowest BCUT2D eigenvalue weighted by Crippen LogP contribution is -2.53. The number of nitrogens with zero attached hydrogens (tertiary/aromatic N) is 3. The van der Waals surface area contributed by atoms with E-state index in [0.29, 0.717) is 17.8 Å². The van der Waals surface area contributed by atoms with Crippen molar-refractivity contribution in [3.8, 4) is 0 Å². The van der Waals surface area contributed by atoms with E-state index in [1.165, 1.54) is 0 Å². The van der Waals surface area contributed by atoms with Crippen LogP contribution < -0.4 is 5.73 Å². The SMILES string of the molecule is CC1=C(N(C)C)C(=O)C2=C(C1=O)N1C[C@H]3[C@H](N3C)[C@]1(O)[C@@H]2COC(N)=O. The smallest absolute Gasteiger partial charge is 0.404 e. The van der Waals surface area contributed by atoms with Crippen LogP contribution in [0.1, 0.15) is 6.92 Å². The lowest BCUT2D eigenvalue weighted by atomic mass is 9.82. The summed E-state index contributed by atoms with van der Waals surface area (Å²) in [6, 6.07) is -0.120. The highest BCUT2D eigenvalue weighted by Gasteiger charge is 2.74. The van der Waals surface area contributed by atoms with E-state index in [4.69, 9.17) is 10.5 Å². The van der Waals surface area contributed by atoms with E-state index in [0.717, 1.165) is 0 Å². The summed E-state index contributed by atoms with van der Waals surface area (Å²) in [6.07, 6.45) is -0.984. The number of amides is 1. The number of likely N-dealkylation sites (N-methyl/N-ethyl adjacent to an activating group) is 2. The number of ketones is 2. The van der Waals surface area contributed by atoms with Crippen LogP contribution in [0, 0.1) is 5.92 Å². The fourth-order valence-electron chi connectivity index (χ4n) is 4.90. The van der Waals surface area contributed by atoms with Gasteiger partial charge in [0.1, 0.15) is 6.61 Å². The van der Waals surface area contributed by atoms with Crippen molar-refractivity contribution < 1.29 is 24.2 Å². The van der Waals surface area contributed by atoms with Crippen molar-refractivity contribution in [2.45, 2.75) is 24.7 Å². The third kappa shape index (κ3) is 1.84. The standard InChI is InChI=1S/C17H22N4O5/c1-7-11(19(2)3)14(23)10-8(6-26-16(18)24)17(25)15-9(20(15)4)5-21(17)12(10)13(7)22/h8-9,15,25H,5-6H2,1-4H3,(H2,18,24)/t8-,9+,15+,17-,20?/m1/s1. The molecule has 0 spiro atoms. The molecule has 2 fully saturated rings. The molecule has 26 heavy (non-hydrogen) atoms. The van der Waals surface area contributed by atoms with Crippen LogP contribution >= 0.6 is 0 Å². The van der Waals surface area contributed by atoms with E-state index in [-0.39, 0.29) is 41.5 Å². The van der Waals surface area contributed by atoms with Gasteiger partial charge in [-0.15, -0.1) is 0 Å². The van der Waals surface area contributed by atoms with E-state index in [2.05, 4.69) is 0 Å². The molecule has 9 heteroatoms. The number of piperazine rings is 1. The van der Waals surface area contributed by atoms with Gasteiger partial charge in [0, 0.05) is 37.8 Å². The largest absolute Gasteiger partial charge is 0.449 e. The predicted octanol–water partition coefficient (Wildman–Crippen LogP) is -1.36. The average Bonchev–Trinajstić information content (AvgIpc) is 2.95. The van der Waals surface area contributed by atoms with Gasteiger partial charge in [0.25, 0.3) is 0 Å². The molecule has 1 amide bonds. The summed E-state index contributed by atoms with van der Waals surface area (Å²) in [5.74, 6) is -1.42. The van der Waals surface area contributed by atoms with Crippen LogP contribution in [0.15, 0.2) is 22.5 Å². The lowest BCUT2D eigenvalue weighted by Gasteiger charge is -2.37. The number of hydrogen-bond donors (Lipinski definition) is 2. The molecule has 140 valence electrons. The van der Waals surface area contributed by atoms with Crippen molar-refractivity contribution in [1.82, 2.24) is 14.7 Å². The van der Waals surface area contributed by atoms with Crippen molar-refractivity contribution >= 4 is 17.7 Å². The normalized spacial score (nSPS) is 37.7. The summed E-state index contributed by atoms with van der Waals surface area (Å²) in [5.41, 5.74) is 4.73. The monoisotopic (exact) mass is 362 g/mol. The Bertz CT molecular complexity index is 816. The summed E-state index contributed by atoms with van der Waals surface area (Å²) in [7, 11) is 5.27. The molecule has 9 nitrogen and oxygen atoms in total. The van der Waals surface area contributed by atoms with Gasteiger partial charge in [0.15, 0.2) is 5.72 Å². The van der Waals surface area contributed by atoms with Gasteiger partial charge in [-0.25, -0.2) is 4.79 Å². The quantitative estimate of drug-likeness (QED) is 0.467. The molecule has 3 N–H and O–H groups in total. The highest BCUT2D eigenvalue weighted by Crippen LogP contribution is 2.57. The molecule has 0 saturated carbocycles. The Hall–Kier alpha value is -2.39. The first-order valence-electron chi connectivity index (χ1n) is 8.48. The first-order valence-corrected chi connectivity index (χ1v) is 8.48. The van der Waals surface area contributed by atoms with Crippen molar-refractivity contribution in [2.24, 2.45) is 11.7 Å². The van der Waals surface area contributed by atoms with Gasteiger partial charge in [0.2, 0.25) is 11.6 Å². The van der Waals surface area contributed by atoms with Gasteiger partial charge >= 0.3 is 6.09 Å². The minimum Gasteiger partial charge on any atom is -0.449 e. The molecule has 1 aliphatic carbocycles. The molecule has 0 aromatic carbocycles. The Morgan fingerprint density at radius 3 is 2.62 bits per heavy atom. The summed E-state index contributed by atoms with van der Waals surface area (Å²) in [4.78, 5) is 42.6. The number of hydrogen-bond acceptors (Lipinski definition) is 8. The zero-order chi connectivity index (χ0) is 19.1. The van der Waals surface area contributed by atoms with E-state index in [1.807, 2.05) is 11.9 Å². The van der Waals surface area contributed by atoms with E-state index >= 15 is 0 Å². The Kier molecular flexibility index (Phi) is 3.33. The molecule has 4 aliphatic rings. The van der Waals surface area contributed by atoms with Crippen LogP contribution in [0.25, 0.3) is 0 Å². The number of aliphatic hydroxyl groups is 1. The van der Waals surface area contributed by atoms with Crippen molar-refractivity contribution in [1.29, 1.82) is 0 Å². The number of carbonyl (C=O) groups excluding carboxylic acids is 3.